The molecule has 0 spiro atoms. The molecular weight excluding hydrogens is 224 g/mol. The lowest BCUT2D eigenvalue weighted by atomic mass is 10.2. The van der Waals surface area contributed by atoms with E-state index in [4.69, 9.17) is 5.11 Å². The normalized spacial score (nSPS) is 9.88. The number of aliphatic hydroxyl groups excluding tert-OH is 1. The summed E-state index contributed by atoms with van der Waals surface area (Å²) in [6.45, 7) is 0.721. The third-order valence-corrected chi connectivity index (χ3v) is 2.75. The summed E-state index contributed by atoms with van der Waals surface area (Å²) in [7, 11) is 0. The summed E-state index contributed by atoms with van der Waals surface area (Å²) in [4.78, 5) is 12.4. The number of thioether (sulfide) groups is 1. The summed E-state index contributed by atoms with van der Waals surface area (Å²) < 4.78 is 0. The Kier molecular flexibility index (Phi) is 5.74. The average Bonchev–Trinajstić information content (AvgIpc) is 2.34. The molecule has 1 aromatic carbocycles. The van der Waals surface area contributed by atoms with Gasteiger partial charge in [0.15, 0.2) is 0 Å². The molecular formula is C11H16N2O2S. The maximum absolute atomic E-state index is 11.2. The van der Waals surface area contributed by atoms with Crippen molar-refractivity contribution >= 4 is 17.8 Å². The van der Waals surface area contributed by atoms with Gasteiger partial charge in [0.05, 0.1) is 6.61 Å². The monoisotopic (exact) mass is 240 g/mol. The predicted octanol–water partition coefficient (Wildman–Crippen LogP) is 1.20. The van der Waals surface area contributed by atoms with Crippen LogP contribution in [0.1, 0.15) is 5.56 Å². The van der Waals surface area contributed by atoms with Crippen molar-refractivity contribution in [2.75, 3.05) is 19.4 Å². The van der Waals surface area contributed by atoms with Crippen molar-refractivity contribution in [2.24, 2.45) is 0 Å². The Morgan fingerprint density at radius 2 is 2.00 bits per heavy atom. The van der Waals surface area contributed by atoms with E-state index in [0.29, 0.717) is 6.54 Å². The zero-order valence-electron chi connectivity index (χ0n) is 9.19. The first kappa shape index (κ1) is 12.9. The van der Waals surface area contributed by atoms with Gasteiger partial charge in [-0.25, -0.2) is 4.79 Å². The molecule has 16 heavy (non-hydrogen) atoms. The van der Waals surface area contributed by atoms with Crippen molar-refractivity contribution in [3.8, 4) is 0 Å². The van der Waals surface area contributed by atoms with Crippen molar-refractivity contribution < 1.29 is 9.90 Å². The molecule has 1 rings (SSSR count). The van der Waals surface area contributed by atoms with Crippen LogP contribution in [-0.2, 0) is 6.54 Å². The van der Waals surface area contributed by atoms with E-state index in [1.165, 1.54) is 4.90 Å². The largest absolute Gasteiger partial charge is 0.395 e. The molecule has 0 bridgehead atoms. The minimum absolute atomic E-state index is 0.0458. The first-order valence-electron chi connectivity index (χ1n) is 5.01. The second kappa shape index (κ2) is 7.14. The van der Waals surface area contributed by atoms with Crippen LogP contribution < -0.4 is 10.6 Å². The van der Waals surface area contributed by atoms with Gasteiger partial charge in [0, 0.05) is 18.0 Å². The number of benzene rings is 1. The highest BCUT2D eigenvalue weighted by molar-refractivity contribution is 7.98. The maximum atomic E-state index is 11.2. The fourth-order valence-electron chi connectivity index (χ4n) is 1.16. The second-order valence-electron chi connectivity index (χ2n) is 3.18. The van der Waals surface area contributed by atoms with E-state index in [2.05, 4.69) is 10.6 Å². The van der Waals surface area contributed by atoms with Crippen molar-refractivity contribution in [2.45, 2.75) is 11.4 Å². The second-order valence-corrected chi connectivity index (χ2v) is 4.06. The highest BCUT2D eigenvalue weighted by Crippen LogP contribution is 2.14. The fraction of sp³-hybridized carbons (Fsp3) is 0.364. The van der Waals surface area contributed by atoms with Gasteiger partial charge in [-0.1, -0.05) is 12.1 Å². The predicted molar refractivity (Wildman–Crippen MR) is 65.5 cm³/mol. The molecule has 0 radical (unpaired) electrons. The average molecular weight is 240 g/mol. The van der Waals surface area contributed by atoms with Crippen LogP contribution in [0.2, 0.25) is 0 Å². The van der Waals surface area contributed by atoms with Gasteiger partial charge >= 0.3 is 6.03 Å². The molecule has 3 N–H and O–H groups in total. The van der Waals surface area contributed by atoms with Gasteiger partial charge < -0.3 is 15.7 Å². The molecule has 0 aromatic heterocycles. The summed E-state index contributed by atoms with van der Waals surface area (Å²) in [5.74, 6) is 0. The van der Waals surface area contributed by atoms with Crippen LogP contribution >= 0.6 is 11.8 Å². The Hall–Kier alpha value is -1.20. The highest BCUT2D eigenvalue weighted by Gasteiger charge is 1.99. The number of carbonyl (C=O) groups excluding carboxylic acids is 1. The van der Waals surface area contributed by atoms with Crippen LogP contribution in [-0.4, -0.2) is 30.5 Å². The molecule has 88 valence electrons. The number of carbonyl (C=O) groups is 1. The Morgan fingerprint density at radius 1 is 1.31 bits per heavy atom. The summed E-state index contributed by atoms with van der Waals surface area (Å²) in [6.07, 6.45) is 2.02. The summed E-state index contributed by atoms with van der Waals surface area (Å²) in [5.41, 5.74) is 1.05. The molecule has 0 atom stereocenters. The van der Waals surface area contributed by atoms with Crippen LogP contribution in [0.5, 0.6) is 0 Å². The molecule has 0 aliphatic rings. The van der Waals surface area contributed by atoms with Gasteiger partial charge in [-0.3, -0.25) is 0 Å². The van der Waals surface area contributed by atoms with Crippen molar-refractivity contribution in [3.05, 3.63) is 29.8 Å². The minimum Gasteiger partial charge on any atom is -0.395 e. The van der Waals surface area contributed by atoms with Gasteiger partial charge in [-0.15, -0.1) is 11.8 Å². The summed E-state index contributed by atoms with van der Waals surface area (Å²) in [5, 5.41) is 13.7. The SMILES string of the molecule is CSc1ccc(CNC(=O)NCCO)cc1. The van der Waals surface area contributed by atoms with Gasteiger partial charge in [0.25, 0.3) is 0 Å². The van der Waals surface area contributed by atoms with E-state index >= 15 is 0 Å². The number of rotatable bonds is 5. The molecule has 0 unspecified atom stereocenters. The zero-order valence-corrected chi connectivity index (χ0v) is 10.0. The smallest absolute Gasteiger partial charge is 0.315 e. The molecule has 0 aliphatic heterocycles. The molecule has 1 aromatic rings. The Bertz CT molecular complexity index is 327. The molecule has 0 heterocycles. The topological polar surface area (TPSA) is 61.4 Å². The number of urea groups is 1. The van der Waals surface area contributed by atoms with Crippen LogP contribution in [0, 0.1) is 0 Å². The lowest BCUT2D eigenvalue weighted by molar-refractivity contribution is 0.234. The minimum atomic E-state index is -0.261. The summed E-state index contributed by atoms with van der Waals surface area (Å²) in [6, 6.07) is 7.75. The van der Waals surface area contributed by atoms with Crippen molar-refractivity contribution in [3.63, 3.8) is 0 Å². The van der Waals surface area contributed by atoms with E-state index in [1.54, 1.807) is 11.8 Å². The number of nitrogens with one attached hydrogen (secondary N) is 2. The lowest BCUT2D eigenvalue weighted by Crippen LogP contribution is -2.36. The Balaban J connectivity index is 2.33. The van der Waals surface area contributed by atoms with E-state index in [1.807, 2.05) is 30.5 Å². The third-order valence-electron chi connectivity index (χ3n) is 2.01. The van der Waals surface area contributed by atoms with Gasteiger partial charge in [0.2, 0.25) is 0 Å². The number of hydrogen-bond donors (Lipinski definition) is 3. The van der Waals surface area contributed by atoms with Crippen LogP contribution in [0.25, 0.3) is 0 Å². The van der Waals surface area contributed by atoms with E-state index in [9.17, 15) is 4.79 Å². The maximum Gasteiger partial charge on any atom is 0.315 e. The Labute approximate surface area is 99.4 Å². The van der Waals surface area contributed by atoms with Crippen molar-refractivity contribution in [1.82, 2.24) is 10.6 Å². The molecule has 0 fully saturated rings. The van der Waals surface area contributed by atoms with Gasteiger partial charge in [-0.05, 0) is 24.0 Å². The van der Waals surface area contributed by atoms with Crippen LogP contribution in [0.15, 0.2) is 29.2 Å². The standard InChI is InChI=1S/C11H16N2O2S/c1-16-10-4-2-9(3-5-10)8-13-11(15)12-6-7-14/h2-5,14H,6-8H2,1H3,(H2,12,13,15). The van der Waals surface area contributed by atoms with E-state index < -0.39 is 0 Å². The Morgan fingerprint density at radius 3 is 2.56 bits per heavy atom. The van der Waals surface area contributed by atoms with E-state index in [-0.39, 0.29) is 19.2 Å². The quantitative estimate of drug-likeness (QED) is 0.678. The lowest BCUT2D eigenvalue weighted by Gasteiger charge is -2.06. The first-order chi connectivity index (χ1) is 7.76. The fourth-order valence-corrected chi connectivity index (χ4v) is 1.57. The molecule has 0 saturated heterocycles. The van der Waals surface area contributed by atoms with Crippen LogP contribution in [0.4, 0.5) is 4.79 Å². The van der Waals surface area contributed by atoms with Crippen LogP contribution in [0.3, 0.4) is 0 Å². The molecule has 5 heteroatoms. The number of aliphatic hydroxyl groups is 1. The van der Waals surface area contributed by atoms with Gasteiger partial charge in [0.1, 0.15) is 0 Å². The molecule has 2 amide bonds. The van der Waals surface area contributed by atoms with E-state index in [0.717, 1.165) is 5.56 Å². The third kappa shape index (κ3) is 4.55. The summed E-state index contributed by atoms with van der Waals surface area (Å²) >= 11 is 1.69. The first-order valence-corrected chi connectivity index (χ1v) is 6.24. The molecule has 0 saturated carbocycles. The van der Waals surface area contributed by atoms with Crippen molar-refractivity contribution in [1.29, 1.82) is 0 Å². The molecule has 4 nitrogen and oxygen atoms in total. The number of hydrogen-bond acceptors (Lipinski definition) is 3. The number of amides is 2. The zero-order chi connectivity index (χ0) is 11.8. The van der Waals surface area contributed by atoms with Gasteiger partial charge in [-0.2, -0.15) is 0 Å². The molecule has 0 aliphatic carbocycles. The highest BCUT2D eigenvalue weighted by atomic mass is 32.2.